The molecule has 64 valence electrons. The van der Waals surface area contributed by atoms with Gasteiger partial charge in [-0.15, -0.1) is 0 Å². The zero-order valence-electron chi connectivity index (χ0n) is 6.71. The van der Waals surface area contributed by atoms with Crippen LogP contribution in [0.3, 0.4) is 0 Å². The zero-order valence-corrected chi connectivity index (χ0v) is 6.71. The molecule has 1 amide bonds. The Hall–Kier alpha value is -1.10. The molecular formula is C6H11NO4. The molecule has 0 unspecified atom stereocenters. The van der Waals surface area contributed by atoms with E-state index in [1.54, 1.807) is 0 Å². The molecule has 0 saturated carbocycles. The third-order valence-electron chi connectivity index (χ3n) is 1.20. The van der Waals surface area contributed by atoms with Crippen LogP contribution in [-0.2, 0) is 14.3 Å². The highest BCUT2D eigenvalue weighted by molar-refractivity contribution is 5.88. The van der Waals surface area contributed by atoms with Gasteiger partial charge in [-0.05, 0) is 13.8 Å². The molecule has 0 aliphatic rings. The topological polar surface area (TPSA) is 78.6 Å². The van der Waals surface area contributed by atoms with Gasteiger partial charge in [-0.25, -0.2) is 9.59 Å². The van der Waals surface area contributed by atoms with E-state index in [0.717, 1.165) is 0 Å². The van der Waals surface area contributed by atoms with Crippen molar-refractivity contribution in [1.82, 2.24) is 0 Å². The van der Waals surface area contributed by atoms with E-state index in [1.165, 1.54) is 21.0 Å². The predicted octanol–water partition coefficient (Wildman–Crippen LogP) is 0.0333. The summed E-state index contributed by atoms with van der Waals surface area (Å²) in [6.45, 7) is 2.94. The van der Waals surface area contributed by atoms with Gasteiger partial charge in [0.1, 0.15) is 0 Å². The summed E-state index contributed by atoms with van der Waals surface area (Å²) in [5, 5.41) is 0. The van der Waals surface area contributed by atoms with Gasteiger partial charge < -0.3 is 15.2 Å². The summed E-state index contributed by atoms with van der Waals surface area (Å²) < 4.78 is 8.80. The molecule has 0 saturated heterocycles. The van der Waals surface area contributed by atoms with Gasteiger partial charge in [0.2, 0.25) is 0 Å². The highest BCUT2D eigenvalue weighted by Gasteiger charge is 2.30. The Bertz CT molecular complexity index is 175. The minimum absolute atomic E-state index is 0.799. The lowest BCUT2D eigenvalue weighted by Crippen LogP contribution is -2.38. The fraction of sp³-hybridized carbons (Fsp3) is 0.667. The van der Waals surface area contributed by atoms with Crippen molar-refractivity contribution in [3.63, 3.8) is 0 Å². The highest BCUT2D eigenvalue weighted by Crippen LogP contribution is 2.09. The van der Waals surface area contributed by atoms with E-state index >= 15 is 0 Å². The Morgan fingerprint density at radius 2 is 1.82 bits per heavy atom. The Balaban J connectivity index is 4.13. The lowest BCUT2D eigenvalue weighted by Gasteiger charge is -2.18. The fourth-order valence-electron chi connectivity index (χ4n) is 0.298. The molecule has 0 spiro atoms. The van der Waals surface area contributed by atoms with E-state index in [2.05, 4.69) is 10.5 Å². The Kier molecular flexibility index (Phi) is 3.00. The molecule has 0 aromatic heterocycles. The molecule has 0 bridgehead atoms. The smallest absolute Gasteiger partial charge is 0.374 e. The van der Waals surface area contributed by atoms with E-state index in [1.807, 2.05) is 0 Å². The quantitative estimate of drug-likeness (QED) is 0.458. The van der Waals surface area contributed by atoms with E-state index in [0.29, 0.717) is 0 Å². The summed E-state index contributed by atoms with van der Waals surface area (Å²) in [5.74, 6) is -0.799. The SMILES string of the molecule is COC(C)(C)C(=O)OC(N)=O. The van der Waals surface area contributed by atoms with Crippen LogP contribution < -0.4 is 5.73 Å². The molecule has 0 rings (SSSR count). The maximum Gasteiger partial charge on any atom is 0.412 e. The first-order chi connectivity index (χ1) is 4.90. The summed E-state index contributed by atoms with van der Waals surface area (Å²) in [6, 6.07) is 0. The second-order valence-corrected chi connectivity index (χ2v) is 2.42. The van der Waals surface area contributed by atoms with Gasteiger partial charge in [-0.1, -0.05) is 0 Å². The second kappa shape index (κ2) is 3.34. The van der Waals surface area contributed by atoms with Gasteiger partial charge >= 0.3 is 12.1 Å². The van der Waals surface area contributed by atoms with Crippen molar-refractivity contribution < 1.29 is 19.1 Å². The molecule has 0 fully saturated rings. The number of rotatable bonds is 2. The number of nitrogens with two attached hydrogens (primary N) is 1. The minimum atomic E-state index is -1.13. The fourth-order valence-corrected chi connectivity index (χ4v) is 0.298. The van der Waals surface area contributed by atoms with Gasteiger partial charge in [0.05, 0.1) is 0 Å². The maximum atomic E-state index is 10.9. The lowest BCUT2D eigenvalue weighted by atomic mass is 10.1. The van der Waals surface area contributed by atoms with Crippen LogP contribution in [0.4, 0.5) is 4.79 Å². The molecule has 0 radical (unpaired) electrons. The maximum absolute atomic E-state index is 10.9. The number of amides is 1. The molecule has 5 nitrogen and oxygen atoms in total. The van der Waals surface area contributed by atoms with Crippen LogP contribution in [0.5, 0.6) is 0 Å². The van der Waals surface area contributed by atoms with Crippen molar-refractivity contribution in [2.24, 2.45) is 5.73 Å². The molecule has 2 N–H and O–H groups in total. The number of esters is 1. The van der Waals surface area contributed by atoms with Gasteiger partial charge in [-0.2, -0.15) is 0 Å². The number of carbonyl (C=O) groups excluding carboxylic acids is 2. The van der Waals surface area contributed by atoms with E-state index < -0.39 is 17.7 Å². The third kappa shape index (κ3) is 2.99. The average Bonchev–Trinajstić information content (AvgIpc) is 1.86. The summed E-state index contributed by atoms with van der Waals surface area (Å²) in [7, 11) is 1.34. The zero-order chi connectivity index (χ0) is 9.07. The van der Waals surface area contributed by atoms with Crippen molar-refractivity contribution in [3.8, 4) is 0 Å². The number of carbonyl (C=O) groups is 2. The molecule has 5 heteroatoms. The van der Waals surface area contributed by atoms with Crippen LogP contribution in [0.2, 0.25) is 0 Å². The Morgan fingerprint density at radius 1 is 1.36 bits per heavy atom. The van der Waals surface area contributed by atoms with Gasteiger partial charge in [0.25, 0.3) is 0 Å². The molecular weight excluding hydrogens is 150 g/mol. The first kappa shape index (κ1) is 9.90. The number of ether oxygens (including phenoxy) is 2. The van der Waals surface area contributed by atoms with Crippen molar-refractivity contribution in [1.29, 1.82) is 0 Å². The number of hydrogen-bond donors (Lipinski definition) is 1. The van der Waals surface area contributed by atoms with Crippen molar-refractivity contribution >= 4 is 12.1 Å². The van der Waals surface area contributed by atoms with Gasteiger partial charge in [0, 0.05) is 7.11 Å². The molecule has 0 aromatic rings. The van der Waals surface area contributed by atoms with Crippen LogP contribution in [0.15, 0.2) is 0 Å². The van der Waals surface area contributed by atoms with Crippen molar-refractivity contribution in [2.45, 2.75) is 19.4 Å². The van der Waals surface area contributed by atoms with E-state index in [9.17, 15) is 9.59 Å². The molecule has 0 aromatic carbocycles. The van der Waals surface area contributed by atoms with Crippen molar-refractivity contribution in [2.75, 3.05) is 7.11 Å². The van der Waals surface area contributed by atoms with Crippen LogP contribution >= 0.6 is 0 Å². The largest absolute Gasteiger partial charge is 0.412 e. The first-order valence-electron chi connectivity index (χ1n) is 2.97. The lowest BCUT2D eigenvalue weighted by molar-refractivity contribution is -0.157. The summed E-state index contributed by atoms with van der Waals surface area (Å²) in [5.41, 5.74) is 3.48. The monoisotopic (exact) mass is 161 g/mol. The minimum Gasteiger partial charge on any atom is -0.374 e. The Labute approximate surface area is 64.5 Å². The summed E-state index contributed by atoms with van der Waals surface area (Å²) in [6.07, 6.45) is -1.12. The number of hydrogen-bond acceptors (Lipinski definition) is 4. The first-order valence-corrected chi connectivity index (χ1v) is 2.97. The van der Waals surface area contributed by atoms with Crippen LogP contribution in [0.1, 0.15) is 13.8 Å². The summed E-state index contributed by atoms with van der Waals surface area (Å²) >= 11 is 0. The number of methoxy groups -OCH3 is 1. The number of primary amides is 1. The second-order valence-electron chi connectivity index (χ2n) is 2.42. The molecule has 0 heterocycles. The average molecular weight is 161 g/mol. The standard InChI is InChI=1S/C6H11NO4/c1-6(2,10-3)4(8)11-5(7)9/h1-3H3,(H2,7,9). The van der Waals surface area contributed by atoms with E-state index in [4.69, 9.17) is 4.74 Å². The van der Waals surface area contributed by atoms with Crippen LogP contribution in [0, 0.1) is 0 Å². The molecule has 0 aliphatic heterocycles. The van der Waals surface area contributed by atoms with Crippen molar-refractivity contribution in [3.05, 3.63) is 0 Å². The molecule has 0 atom stereocenters. The molecule has 0 aliphatic carbocycles. The van der Waals surface area contributed by atoms with Crippen LogP contribution in [-0.4, -0.2) is 24.8 Å². The van der Waals surface area contributed by atoms with Gasteiger partial charge in [0.15, 0.2) is 5.60 Å². The van der Waals surface area contributed by atoms with E-state index in [-0.39, 0.29) is 0 Å². The third-order valence-corrected chi connectivity index (χ3v) is 1.20. The normalized spacial score (nSPS) is 10.8. The Morgan fingerprint density at radius 3 is 2.09 bits per heavy atom. The summed E-state index contributed by atoms with van der Waals surface area (Å²) in [4.78, 5) is 21.0. The predicted molar refractivity (Wildman–Crippen MR) is 36.8 cm³/mol. The molecule has 11 heavy (non-hydrogen) atoms. The van der Waals surface area contributed by atoms with Gasteiger partial charge in [-0.3, -0.25) is 0 Å². The highest BCUT2D eigenvalue weighted by atomic mass is 16.6. The van der Waals surface area contributed by atoms with Crippen LogP contribution in [0.25, 0.3) is 0 Å².